The van der Waals surface area contributed by atoms with Crippen LogP contribution in [0.3, 0.4) is 0 Å². The highest BCUT2D eigenvalue weighted by molar-refractivity contribution is 7.07. The lowest BCUT2D eigenvalue weighted by Gasteiger charge is -2.06. The fraction of sp³-hybridized carbons (Fsp3) is 0.231. The summed E-state index contributed by atoms with van der Waals surface area (Å²) in [7, 11) is 0. The third kappa shape index (κ3) is 3.56. The molecule has 0 aliphatic carbocycles. The van der Waals surface area contributed by atoms with Gasteiger partial charge in [-0.2, -0.15) is 0 Å². The number of anilines is 1. The van der Waals surface area contributed by atoms with Crippen molar-refractivity contribution in [3.05, 3.63) is 40.8 Å². The monoisotopic (exact) mass is 262 g/mol. The molecule has 0 fully saturated rings. The molecule has 94 valence electrons. The van der Waals surface area contributed by atoms with Crippen LogP contribution in [-0.2, 0) is 11.2 Å². The first-order valence-electron chi connectivity index (χ1n) is 5.67. The van der Waals surface area contributed by atoms with Crippen molar-refractivity contribution in [2.24, 2.45) is 0 Å². The molecular formula is C13H14N2O2S. The van der Waals surface area contributed by atoms with Crippen molar-refractivity contribution in [2.75, 3.05) is 11.9 Å². The fourth-order valence-corrected chi connectivity index (χ4v) is 2.05. The van der Waals surface area contributed by atoms with Gasteiger partial charge in [0.05, 0.1) is 24.2 Å². The zero-order valence-corrected chi connectivity index (χ0v) is 10.9. The number of benzene rings is 1. The first-order valence-corrected chi connectivity index (χ1v) is 6.62. The number of nitrogens with one attached hydrogen (secondary N) is 1. The molecule has 1 heterocycles. The van der Waals surface area contributed by atoms with Gasteiger partial charge in [0.2, 0.25) is 5.91 Å². The van der Waals surface area contributed by atoms with Crippen LogP contribution in [0.25, 0.3) is 0 Å². The van der Waals surface area contributed by atoms with E-state index >= 15 is 0 Å². The lowest BCUT2D eigenvalue weighted by atomic mass is 10.2. The predicted molar refractivity (Wildman–Crippen MR) is 72.1 cm³/mol. The molecular weight excluding hydrogens is 248 g/mol. The van der Waals surface area contributed by atoms with Gasteiger partial charge in [0.1, 0.15) is 5.75 Å². The van der Waals surface area contributed by atoms with Crippen molar-refractivity contribution in [1.82, 2.24) is 4.98 Å². The second-order valence-electron chi connectivity index (χ2n) is 3.66. The molecule has 2 rings (SSSR count). The van der Waals surface area contributed by atoms with Gasteiger partial charge >= 0.3 is 0 Å². The van der Waals surface area contributed by atoms with Crippen LogP contribution in [0.15, 0.2) is 35.2 Å². The fourth-order valence-electron chi connectivity index (χ4n) is 1.50. The molecule has 0 saturated carbocycles. The van der Waals surface area contributed by atoms with E-state index in [1.165, 1.54) is 11.3 Å². The topological polar surface area (TPSA) is 51.2 Å². The zero-order chi connectivity index (χ0) is 12.8. The number of nitrogens with zero attached hydrogens (tertiary/aromatic N) is 1. The third-order valence-corrected chi connectivity index (χ3v) is 2.91. The zero-order valence-electron chi connectivity index (χ0n) is 10.1. The van der Waals surface area contributed by atoms with Crippen molar-refractivity contribution in [3.63, 3.8) is 0 Å². The van der Waals surface area contributed by atoms with Gasteiger partial charge in [-0.3, -0.25) is 4.79 Å². The molecule has 2 aromatic rings. The van der Waals surface area contributed by atoms with E-state index in [9.17, 15) is 4.79 Å². The van der Waals surface area contributed by atoms with Gasteiger partial charge in [0.25, 0.3) is 0 Å². The summed E-state index contributed by atoms with van der Waals surface area (Å²) in [5.74, 6) is 0.736. The molecule has 0 atom stereocenters. The smallest absolute Gasteiger partial charge is 0.230 e. The van der Waals surface area contributed by atoms with E-state index < -0.39 is 0 Å². The second kappa shape index (κ2) is 6.16. The van der Waals surface area contributed by atoms with Crippen molar-refractivity contribution < 1.29 is 9.53 Å². The van der Waals surface area contributed by atoms with Gasteiger partial charge in [0, 0.05) is 11.1 Å². The maximum atomic E-state index is 11.7. The number of hydrogen-bond acceptors (Lipinski definition) is 4. The summed E-state index contributed by atoms with van der Waals surface area (Å²) in [6.45, 7) is 2.57. The molecule has 5 heteroatoms. The minimum Gasteiger partial charge on any atom is -0.494 e. The highest BCUT2D eigenvalue weighted by Gasteiger charge is 2.05. The summed E-state index contributed by atoms with van der Waals surface area (Å²) in [6.07, 6.45) is 0.302. The lowest BCUT2D eigenvalue weighted by molar-refractivity contribution is -0.115. The molecule has 0 spiro atoms. The van der Waals surface area contributed by atoms with E-state index in [4.69, 9.17) is 4.74 Å². The minimum absolute atomic E-state index is 0.0648. The molecule has 0 unspecified atom stereocenters. The third-order valence-electron chi connectivity index (χ3n) is 2.27. The Kier molecular flexibility index (Phi) is 4.30. The number of amides is 1. The summed E-state index contributed by atoms with van der Waals surface area (Å²) in [5, 5.41) is 4.69. The highest BCUT2D eigenvalue weighted by atomic mass is 32.1. The van der Waals surface area contributed by atoms with E-state index in [1.54, 1.807) is 5.51 Å². The van der Waals surface area contributed by atoms with Gasteiger partial charge in [-0.15, -0.1) is 11.3 Å². The van der Waals surface area contributed by atoms with Crippen LogP contribution in [-0.4, -0.2) is 17.5 Å². The summed E-state index contributed by atoms with van der Waals surface area (Å²) in [5.41, 5.74) is 3.28. The van der Waals surface area contributed by atoms with E-state index in [0.717, 1.165) is 17.1 Å². The number of rotatable bonds is 5. The summed E-state index contributed by atoms with van der Waals surface area (Å²) in [6, 6.07) is 7.32. The van der Waals surface area contributed by atoms with Crippen molar-refractivity contribution in [2.45, 2.75) is 13.3 Å². The average Bonchev–Trinajstić information content (AvgIpc) is 2.84. The van der Waals surface area contributed by atoms with E-state index in [2.05, 4.69) is 10.3 Å². The Labute approximate surface area is 110 Å². The lowest BCUT2D eigenvalue weighted by Crippen LogP contribution is -2.14. The first kappa shape index (κ1) is 12.6. The van der Waals surface area contributed by atoms with Crippen LogP contribution in [0.2, 0.25) is 0 Å². The molecule has 1 aromatic heterocycles. The molecule has 4 nitrogen and oxygen atoms in total. The van der Waals surface area contributed by atoms with Gasteiger partial charge in [-0.1, -0.05) is 0 Å². The minimum atomic E-state index is -0.0648. The SMILES string of the molecule is CCOc1ccc(NC(=O)Cc2cscn2)cc1. The Hall–Kier alpha value is -1.88. The largest absolute Gasteiger partial charge is 0.494 e. The first-order chi connectivity index (χ1) is 8.78. The van der Waals surface area contributed by atoms with Crippen molar-refractivity contribution >= 4 is 22.9 Å². The van der Waals surface area contributed by atoms with Gasteiger partial charge in [0.15, 0.2) is 0 Å². The van der Waals surface area contributed by atoms with Crippen molar-refractivity contribution in [1.29, 1.82) is 0 Å². The summed E-state index contributed by atoms with van der Waals surface area (Å²) >= 11 is 1.49. The standard InChI is InChI=1S/C13H14N2O2S/c1-2-17-12-5-3-10(4-6-12)15-13(16)7-11-8-18-9-14-11/h3-6,8-9H,2,7H2,1H3,(H,15,16). The van der Waals surface area contributed by atoms with Crippen LogP contribution in [0.5, 0.6) is 5.75 Å². The van der Waals surface area contributed by atoms with E-state index in [0.29, 0.717) is 13.0 Å². The molecule has 18 heavy (non-hydrogen) atoms. The van der Waals surface area contributed by atoms with E-state index in [1.807, 2.05) is 36.6 Å². The number of hydrogen-bond donors (Lipinski definition) is 1. The van der Waals surface area contributed by atoms with Crippen LogP contribution in [0.1, 0.15) is 12.6 Å². The Morgan fingerprint density at radius 3 is 2.78 bits per heavy atom. The molecule has 1 N–H and O–H groups in total. The number of carbonyl (C=O) groups is 1. The number of thiazole rings is 1. The maximum Gasteiger partial charge on any atom is 0.230 e. The second-order valence-corrected chi connectivity index (χ2v) is 4.38. The maximum absolute atomic E-state index is 11.7. The Morgan fingerprint density at radius 2 is 2.17 bits per heavy atom. The molecule has 1 amide bonds. The van der Waals surface area contributed by atoms with Gasteiger partial charge < -0.3 is 10.1 Å². The molecule has 0 saturated heterocycles. The Bertz CT molecular complexity index is 494. The molecule has 0 bridgehead atoms. The van der Waals surface area contributed by atoms with Crippen LogP contribution in [0.4, 0.5) is 5.69 Å². The normalized spacial score (nSPS) is 10.1. The molecule has 0 radical (unpaired) electrons. The number of ether oxygens (including phenoxy) is 1. The number of aromatic nitrogens is 1. The van der Waals surface area contributed by atoms with Crippen molar-refractivity contribution in [3.8, 4) is 5.75 Å². The Morgan fingerprint density at radius 1 is 1.39 bits per heavy atom. The average molecular weight is 262 g/mol. The quantitative estimate of drug-likeness (QED) is 0.901. The molecule has 0 aliphatic heterocycles. The molecule has 0 aliphatic rings. The van der Waals surface area contributed by atoms with Gasteiger partial charge in [-0.25, -0.2) is 4.98 Å². The number of carbonyl (C=O) groups excluding carboxylic acids is 1. The van der Waals surface area contributed by atoms with E-state index in [-0.39, 0.29) is 5.91 Å². The van der Waals surface area contributed by atoms with Crippen LogP contribution < -0.4 is 10.1 Å². The van der Waals surface area contributed by atoms with Crippen LogP contribution >= 0.6 is 11.3 Å². The predicted octanol–water partition coefficient (Wildman–Crippen LogP) is 2.72. The highest BCUT2D eigenvalue weighted by Crippen LogP contribution is 2.15. The Balaban J connectivity index is 1.90. The van der Waals surface area contributed by atoms with Gasteiger partial charge in [-0.05, 0) is 31.2 Å². The molecule has 1 aromatic carbocycles. The summed E-state index contributed by atoms with van der Waals surface area (Å²) in [4.78, 5) is 15.8. The van der Waals surface area contributed by atoms with Crippen LogP contribution in [0, 0.1) is 0 Å². The summed E-state index contributed by atoms with van der Waals surface area (Å²) < 4.78 is 5.33.